The molecule has 1 fully saturated rings. The first-order valence-corrected chi connectivity index (χ1v) is 10.6. The number of carboxylic acid groups (broad SMARTS) is 1. The minimum atomic E-state index is -0.901. The van der Waals surface area contributed by atoms with Crippen LogP contribution in [-0.2, 0) is 14.4 Å². The van der Waals surface area contributed by atoms with Crippen LogP contribution in [0.25, 0.3) is 5.76 Å². The molecule has 1 amide bonds. The van der Waals surface area contributed by atoms with Gasteiger partial charge in [0.25, 0.3) is 17.4 Å². The van der Waals surface area contributed by atoms with Gasteiger partial charge in [0.15, 0.2) is 0 Å². The molecule has 1 unspecified atom stereocenters. The van der Waals surface area contributed by atoms with E-state index >= 15 is 0 Å². The number of aliphatic hydroxyl groups excluding tert-OH is 1. The number of non-ortho nitro benzene ring substituents is 1. The number of unbranched alkanes of at least 4 members (excludes halogenated alkanes) is 2. The predicted octanol–water partition coefficient (Wildman–Crippen LogP) is 3.67. The predicted molar refractivity (Wildman–Crippen MR) is 121 cm³/mol. The average Bonchev–Trinajstić information content (AvgIpc) is 3.08. The lowest BCUT2D eigenvalue weighted by molar-refractivity contribution is -0.384. The van der Waals surface area contributed by atoms with Crippen LogP contribution in [0.1, 0.15) is 42.9 Å². The van der Waals surface area contributed by atoms with Gasteiger partial charge in [0.1, 0.15) is 11.5 Å². The van der Waals surface area contributed by atoms with Crippen LogP contribution < -0.4 is 4.74 Å². The van der Waals surface area contributed by atoms with Crippen molar-refractivity contribution in [1.82, 2.24) is 4.90 Å². The molecular weight excluding hydrogens is 444 g/mol. The van der Waals surface area contributed by atoms with Gasteiger partial charge in [-0.25, -0.2) is 0 Å². The Hall–Kier alpha value is -4.21. The van der Waals surface area contributed by atoms with E-state index in [0.717, 1.165) is 0 Å². The first kappa shape index (κ1) is 24.4. The summed E-state index contributed by atoms with van der Waals surface area (Å²) >= 11 is 0. The van der Waals surface area contributed by atoms with Crippen LogP contribution in [0.4, 0.5) is 5.69 Å². The number of methoxy groups -OCH3 is 1. The van der Waals surface area contributed by atoms with Gasteiger partial charge in [0.2, 0.25) is 0 Å². The minimum Gasteiger partial charge on any atom is -0.507 e. The highest BCUT2D eigenvalue weighted by molar-refractivity contribution is 6.46. The second kappa shape index (κ2) is 10.6. The number of nitrogens with zero attached hydrogens (tertiary/aromatic N) is 2. The fourth-order valence-electron chi connectivity index (χ4n) is 3.88. The van der Waals surface area contributed by atoms with Crippen LogP contribution in [0.5, 0.6) is 5.75 Å². The van der Waals surface area contributed by atoms with Gasteiger partial charge in [0, 0.05) is 30.7 Å². The number of carbonyl (C=O) groups is 3. The van der Waals surface area contributed by atoms with Crippen molar-refractivity contribution in [1.29, 1.82) is 0 Å². The number of Topliss-reactive ketones (excluding diaryl/α,β-unsaturated/α-hetero) is 1. The number of ketones is 1. The van der Waals surface area contributed by atoms with Gasteiger partial charge in [-0.05, 0) is 42.7 Å². The molecule has 3 rings (SSSR count). The van der Waals surface area contributed by atoms with E-state index in [2.05, 4.69) is 0 Å². The molecule has 0 bridgehead atoms. The number of aliphatic carboxylic acids is 1. The molecule has 0 aromatic heterocycles. The van der Waals surface area contributed by atoms with E-state index in [1.807, 2.05) is 0 Å². The summed E-state index contributed by atoms with van der Waals surface area (Å²) in [5.41, 5.74) is 0.456. The Balaban J connectivity index is 1.98. The maximum absolute atomic E-state index is 13.0. The fourth-order valence-corrected chi connectivity index (χ4v) is 3.88. The molecule has 2 aromatic carbocycles. The van der Waals surface area contributed by atoms with Gasteiger partial charge in [-0.15, -0.1) is 0 Å². The zero-order chi connectivity index (χ0) is 24.8. The fraction of sp³-hybridized carbons (Fsp3) is 0.292. The first-order chi connectivity index (χ1) is 16.2. The molecule has 0 aliphatic carbocycles. The van der Waals surface area contributed by atoms with Crippen molar-refractivity contribution < 1.29 is 34.3 Å². The smallest absolute Gasteiger partial charge is 0.303 e. The summed E-state index contributed by atoms with van der Waals surface area (Å²) in [7, 11) is 1.51. The van der Waals surface area contributed by atoms with E-state index in [1.165, 1.54) is 36.3 Å². The largest absolute Gasteiger partial charge is 0.507 e. The Labute approximate surface area is 195 Å². The number of rotatable bonds is 10. The summed E-state index contributed by atoms with van der Waals surface area (Å²) in [5.74, 6) is -2.39. The Morgan fingerprint density at radius 1 is 1.03 bits per heavy atom. The van der Waals surface area contributed by atoms with Gasteiger partial charge in [-0.2, -0.15) is 0 Å². The van der Waals surface area contributed by atoms with Crippen molar-refractivity contribution >= 4 is 29.1 Å². The molecule has 1 aliphatic heterocycles. The third-order valence-electron chi connectivity index (χ3n) is 5.61. The maximum atomic E-state index is 13.0. The van der Waals surface area contributed by atoms with E-state index in [9.17, 15) is 29.6 Å². The lowest BCUT2D eigenvalue weighted by atomic mass is 9.95. The van der Waals surface area contributed by atoms with E-state index in [-0.39, 0.29) is 29.8 Å². The molecule has 1 aliphatic rings. The number of hydrogen-bond acceptors (Lipinski definition) is 7. The summed E-state index contributed by atoms with van der Waals surface area (Å²) in [6, 6.07) is 10.9. The van der Waals surface area contributed by atoms with E-state index in [1.54, 1.807) is 24.3 Å². The number of amides is 1. The molecule has 1 heterocycles. The van der Waals surface area contributed by atoms with Gasteiger partial charge < -0.3 is 19.8 Å². The minimum absolute atomic E-state index is 0.0148. The van der Waals surface area contributed by atoms with E-state index in [4.69, 9.17) is 9.84 Å². The number of hydrogen-bond donors (Lipinski definition) is 2. The van der Waals surface area contributed by atoms with Crippen LogP contribution in [0.15, 0.2) is 54.1 Å². The number of nitro benzene ring substituents is 1. The van der Waals surface area contributed by atoms with Gasteiger partial charge in [-0.1, -0.05) is 18.6 Å². The van der Waals surface area contributed by atoms with Crippen LogP contribution in [0, 0.1) is 10.1 Å². The van der Waals surface area contributed by atoms with Gasteiger partial charge in [0.05, 0.1) is 23.6 Å². The highest BCUT2D eigenvalue weighted by Gasteiger charge is 2.45. The number of carbonyl (C=O) groups excluding carboxylic acids is 2. The number of benzene rings is 2. The zero-order valence-electron chi connectivity index (χ0n) is 18.5. The van der Waals surface area contributed by atoms with Crippen molar-refractivity contribution in [2.45, 2.75) is 31.7 Å². The second-order valence-electron chi connectivity index (χ2n) is 7.77. The van der Waals surface area contributed by atoms with Crippen LogP contribution in [-0.4, -0.2) is 51.4 Å². The lowest BCUT2D eigenvalue weighted by Crippen LogP contribution is -2.30. The molecule has 34 heavy (non-hydrogen) atoms. The standard InChI is InChI=1S/C24H24N2O8/c1-34-18-12-8-15(9-13-18)21-20(22(29)16-6-10-17(11-7-16)26(32)33)23(30)24(31)25(21)14-4-2-3-5-19(27)28/h6-13,21,29H,2-5,14H2,1H3,(H,27,28)/b22-20-. The SMILES string of the molecule is COc1ccc(C2/C(=C(/O)c3ccc([N+](=O)[O-])cc3)C(=O)C(=O)N2CCCCCC(=O)O)cc1. The van der Waals surface area contributed by atoms with Crippen molar-refractivity contribution in [2.24, 2.45) is 0 Å². The monoisotopic (exact) mass is 468 g/mol. The maximum Gasteiger partial charge on any atom is 0.303 e. The Morgan fingerprint density at radius 3 is 2.24 bits per heavy atom. The number of likely N-dealkylation sites (tertiary alicyclic amines) is 1. The van der Waals surface area contributed by atoms with Crippen LogP contribution >= 0.6 is 0 Å². The van der Waals surface area contributed by atoms with Crippen molar-refractivity contribution in [3.63, 3.8) is 0 Å². The van der Waals surface area contributed by atoms with Crippen LogP contribution in [0.2, 0.25) is 0 Å². The number of aliphatic hydroxyl groups is 1. The normalized spacial score (nSPS) is 17.1. The van der Waals surface area contributed by atoms with Gasteiger partial charge in [-0.3, -0.25) is 24.5 Å². The van der Waals surface area contributed by atoms with Crippen LogP contribution in [0.3, 0.4) is 0 Å². The zero-order valence-corrected chi connectivity index (χ0v) is 18.5. The Morgan fingerprint density at radius 2 is 1.68 bits per heavy atom. The molecule has 10 heteroatoms. The van der Waals surface area contributed by atoms with Crippen molar-refractivity contribution in [2.75, 3.05) is 13.7 Å². The molecule has 1 atom stereocenters. The molecule has 178 valence electrons. The quantitative estimate of drug-likeness (QED) is 0.134. The summed E-state index contributed by atoms with van der Waals surface area (Å²) < 4.78 is 5.17. The highest BCUT2D eigenvalue weighted by atomic mass is 16.6. The summed E-state index contributed by atoms with van der Waals surface area (Å²) in [6.45, 7) is 0.192. The summed E-state index contributed by atoms with van der Waals surface area (Å²) in [4.78, 5) is 48.3. The molecule has 0 spiro atoms. The van der Waals surface area contributed by atoms with E-state index in [0.29, 0.717) is 30.6 Å². The Bertz CT molecular complexity index is 1120. The second-order valence-corrected chi connectivity index (χ2v) is 7.77. The number of ether oxygens (including phenoxy) is 1. The molecule has 0 saturated carbocycles. The molecular formula is C24H24N2O8. The molecule has 0 radical (unpaired) electrons. The van der Waals surface area contributed by atoms with Gasteiger partial charge >= 0.3 is 5.97 Å². The average molecular weight is 468 g/mol. The number of nitro groups is 1. The lowest BCUT2D eigenvalue weighted by Gasteiger charge is -2.25. The van der Waals surface area contributed by atoms with Crippen molar-refractivity contribution in [3.05, 3.63) is 75.3 Å². The first-order valence-electron chi connectivity index (χ1n) is 10.6. The van der Waals surface area contributed by atoms with Crippen molar-refractivity contribution in [3.8, 4) is 5.75 Å². The summed E-state index contributed by atoms with van der Waals surface area (Å²) in [5, 5.41) is 30.7. The molecule has 10 nitrogen and oxygen atoms in total. The van der Waals surface area contributed by atoms with E-state index < -0.39 is 34.4 Å². The Kier molecular flexibility index (Phi) is 7.62. The highest BCUT2D eigenvalue weighted by Crippen LogP contribution is 2.40. The molecule has 2 N–H and O–H groups in total. The third kappa shape index (κ3) is 5.22. The molecule has 1 saturated heterocycles. The number of carboxylic acids is 1. The molecule has 2 aromatic rings. The summed E-state index contributed by atoms with van der Waals surface area (Å²) in [6.07, 6.45) is 1.48. The topological polar surface area (TPSA) is 147 Å². The third-order valence-corrected chi connectivity index (χ3v) is 5.61.